The van der Waals surface area contributed by atoms with Crippen LogP contribution in [0.2, 0.25) is 0 Å². The minimum atomic E-state index is -4.81. The van der Waals surface area contributed by atoms with Crippen molar-refractivity contribution in [3.05, 3.63) is 70.5 Å². The Morgan fingerprint density at radius 1 is 1.12 bits per heavy atom. The Morgan fingerprint density at radius 3 is 2.62 bits per heavy atom. The van der Waals surface area contributed by atoms with E-state index in [0.29, 0.717) is 30.4 Å². The number of para-hydroxylation sites is 1. The van der Waals surface area contributed by atoms with E-state index in [4.69, 9.17) is 5.73 Å². The number of benzene rings is 2. The number of nitrogens with two attached hydrogens (primary N) is 1. The summed E-state index contributed by atoms with van der Waals surface area (Å²) < 4.78 is 41.8. The van der Waals surface area contributed by atoms with E-state index in [0.717, 1.165) is 11.1 Å². The van der Waals surface area contributed by atoms with Crippen LogP contribution in [0.3, 0.4) is 0 Å². The molecule has 166 valence electrons. The monoisotopic (exact) mass is 444 g/mol. The maximum Gasteiger partial charge on any atom is 0.573 e. The largest absolute Gasteiger partial charge is 0.573 e. The molecule has 0 unspecified atom stereocenters. The number of fused-ring (bicyclic) bond motifs is 1. The second-order valence-corrected chi connectivity index (χ2v) is 7.22. The summed E-state index contributed by atoms with van der Waals surface area (Å²) in [4.78, 5) is 27.0. The number of hydrogen-bond acceptors (Lipinski definition) is 7. The van der Waals surface area contributed by atoms with Gasteiger partial charge in [-0.05, 0) is 36.2 Å². The first-order valence-electron chi connectivity index (χ1n) is 9.65. The predicted molar refractivity (Wildman–Crippen MR) is 110 cm³/mol. The van der Waals surface area contributed by atoms with Crippen molar-refractivity contribution in [2.75, 3.05) is 10.6 Å². The van der Waals surface area contributed by atoms with E-state index in [2.05, 4.69) is 25.0 Å². The molecular formula is C21H19F3N6O2. The van der Waals surface area contributed by atoms with Gasteiger partial charge in [-0.25, -0.2) is 0 Å². The van der Waals surface area contributed by atoms with E-state index < -0.39 is 12.3 Å². The standard InChI is InChI=1S/C21H19F3N6O2/c1-12-27-19(25)29-20(28-12)30-10-15-7-6-13(8-16(15)11-30)18(31)26-9-14-4-2-3-5-17(14)32-21(22,23)24/h2-8H,9-11H2,1H3,(H,26,31)(H2,25,27,28,29). The molecule has 0 fully saturated rings. The average molecular weight is 444 g/mol. The number of alkyl halides is 3. The molecule has 3 aromatic rings. The maximum atomic E-state index is 12.6. The lowest BCUT2D eigenvalue weighted by molar-refractivity contribution is -0.274. The van der Waals surface area contributed by atoms with Crippen molar-refractivity contribution in [2.24, 2.45) is 0 Å². The SMILES string of the molecule is Cc1nc(N)nc(N2Cc3ccc(C(=O)NCc4ccccc4OC(F)(F)F)cc3C2)n1. The van der Waals surface area contributed by atoms with Crippen molar-refractivity contribution in [2.45, 2.75) is 32.9 Å². The lowest BCUT2D eigenvalue weighted by Crippen LogP contribution is -2.24. The summed E-state index contributed by atoms with van der Waals surface area (Å²) in [6.07, 6.45) is -4.81. The molecule has 2 aromatic carbocycles. The number of ether oxygens (including phenoxy) is 1. The number of carbonyl (C=O) groups is 1. The van der Waals surface area contributed by atoms with Gasteiger partial charge in [0.05, 0.1) is 0 Å². The Kier molecular flexibility index (Phi) is 5.56. The number of rotatable bonds is 5. The number of hydrogen-bond donors (Lipinski definition) is 2. The van der Waals surface area contributed by atoms with Gasteiger partial charge in [-0.2, -0.15) is 15.0 Å². The van der Waals surface area contributed by atoms with Crippen molar-refractivity contribution < 1.29 is 22.7 Å². The summed E-state index contributed by atoms with van der Waals surface area (Å²) in [6, 6.07) is 10.9. The van der Waals surface area contributed by atoms with Gasteiger partial charge in [0.2, 0.25) is 11.9 Å². The maximum absolute atomic E-state index is 12.6. The third-order valence-electron chi connectivity index (χ3n) is 4.86. The lowest BCUT2D eigenvalue weighted by atomic mass is 10.1. The van der Waals surface area contributed by atoms with Crippen molar-refractivity contribution in [3.8, 4) is 5.75 Å². The average Bonchev–Trinajstić information content (AvgIpc) is 3.14. The Balaban J connectivity index is 1.44. The van der Waals surface area contributed by atoms with E-state index >= 15 is 0 Å². The summed E-state index contributed by atoms with van der Waals surface area (Å²) in [6.45, 7) is 2.66. The summed E-state index contributed by atoms with van der Waals surface area (Å²) in [5.41, 5.74) is 8.26. The third kappa shape index (κ3) is 4.88. The van der Waals surface area contributed by atoms with Gasteiger partial charge in [-0.1, -0.05) is 24.3 Å². The molecule has 0 spiro atoms. The number of aryl methyl sites for hydroxylation is 1. The third-order valence-corrected chi connectivity index (χ3v) is 4.86. The highest BCUT2D eigenvalue weighted by Gasteiger charge is 2.32. The summed E-state index contributed by atoms with van der Waals surface area (Å²) in [5, 5.41) is 2.64. The van der Waals surface area contributed by atoms with E-state index in [-0.39, 0.29) is 23.8 Å². The summed E-state index contributed by atoms with van der Waals surface area (Å²) >= 11 is 0. The molecule has 0 aliphatic carbocycles. The van der Waals surface area contributed by atoms with Crippen molar-refractivity contribution in [1.29, 1.82) is 0 Å². The molecule has 1 aliphatic heterocycles. The zero-order chi connectivity index (χ0) is 22.9. The highest BCUT2D eigenvalue weighted by atomic mass is 19.4. The number of carbonyl (C=O) groups excluding carboxylic acids is 1. The number of nitrogens with one attached hydrogen (secondary N) is 1. The van der Waals surface area contributed by atoms with E-state index in [1.807, 2.05) is 11.0 Å². The van der Waals surface area contributed by atoms with Crippen LogP contribution < -0.4 is 20.7 Å². The fourth-order valence-electron chi connectivity index (χ4n) is 3.46. The topological polar surface area (TPSA) is 106 Å². The van der Waals surface area contributed by atoms with Crippen LogP contribution >= 0.6 is 0 Å². The molecule has 2 heterocycles. The van der Waals surface area contributed by atoms with Gasteiger partial charge in [0.1, 0.15) is 11.6 Å². The number of nitrogen functional groups attached to an aromatic ring is 1. The minimum Gasteiger partial charge on any atom is -0.405 e. The van der Waals surface area contributed by atoms with E-state index in [1.54, 1.807) is 25.1 Å². The van der Waals surface area contributed by atoms with Crippen LogP contribution in [0.25, 0.3) is 0 Å². The van der Waals surface area contributed by atoms with Crippen LogP contribution in [0.4, 0.5) is 25.1 Å². The van der Waals surface area contributed by atoms with Crippen LogP contribution in [0.15, 0.2) is 42.5 Å². The van der Waals surface area contributed by atoms with Crippen LogP contribution in [0.1, 0.15) is 32.9 Å². The van der Waals surface area contributed by atoms with Crippen molar-refractivity contribution in [3.63, 3.8) is 0 Å². The first kappa shape index (κ1) is 21.3. The molecule has 11 heteroatoms. The molecule has 3 N–H and O–H groups in total. The quantitative estimate of drug-likeness (QED) is 0.623. The van der Waals surface area contributed by atoms with Crippen molar-refractivity contribution in [1.82, 2.24) is 20.3 Å². The molecule has 32 heavy (non-hydrogen) atoms. The van der Waals surface area contributed by atoms with Gasteiger partial charge in [0, 0.05) is 30.8 Å². The Labute approximate surface area is 181 Å². The van der Waals surface area contributed by atoms with Crippen LogP contribution in [0.5, 0.6) is 5.75 Å². The minimum absolute atomic E-state index is 0.113. The van der Waals surface area contributed by atoms with Gasteiger partial charge in [-0.3, -0.25) is 4.79 Å². The summed E-state index contributed by atoms with van der Waals surface area (Å²) in [5.74, 6) is 0.347. The molecule has 8 nitrogen and oxygen atoms in total. The zero-order valence-corrected chi connectivity index (χ0v) is 17.0. The second-order valence-electron chi connectivity index (χ2n) is 7.22. The predicted octanol–water partition coefficient (Wildman–Crippen LogP) is 3.11. The highest BCUT2D eigenvalue weighted by Crippen LogP contribution is 2.28. The van der Waals surface area contributed by atoms with E-state index in [1.165, 1.54) is 18.2 Å². The van der Waals surface area contributed by atoms with Crippen LogP contribution in [0, 0.1) is 6.92 Å². The van der Waals surface area contributed by atoms with Gasteiger partial charge in [0.25, 0.3) is 5.91 Å². The first-order chi connectivity index (χ1) is 15.2. The molecule has 1 amide bonds. The molecule has 1 aliphatic rings. The lowest BCUT2D eigenvalue weighted by Gasteiger charge is -2.15. The normalized spacial score (nSPS) is 13.1. The molecule has 0 atom stereocenters. The smallest absolute Gasteiger partial charge is 0.405 e. The molecule has 0 bridgehead atoms. The molecule has 4 rings (SSSR count). The molecule has 0 radical (unpaired) electrons. The fraction of sp³-hybridized carbons (Fsp3) is 0.238. The van der Waals surface area contributed by atoms with Crippen LogP contribution in [-0.4, -0.2) is 27.2 Å². The first-order valence-corrected chi connectivity index (χ1v) is 9.65. The van der Waals surface area contributed by atoms with Gasteiger partial charge in [-0.15, -0.1) is 13.2 Å². The Hall–Kier alpha value is -3.89. The fourth-order valence-corrected chi connectivity index (χ4v) is 3.46. The molecule has 0 saturated carbocycles. The van der Waals surface area contributed by atoms with Crippen LogP contribution in [-0.2, 0) is 19.6 Å². The van der Waals surface area contributed by atoms with E-state index in [9.17, 15) is 18.0 Å². The molecule has 1 aromatic heterocycles. The highest BCUT2D eigenvalue weighted by molar-refractivity contribution is 5.94. The number of nitrogens with zero attached hydrogens (tertiary/aromatic N) is 4. The summed E-state index contributed by atoms with van der Waals surface area (Å²) in [7, 11) is 0. The zero-order valence-electron chi connectivity index (χ0n) is 17.0. The molecular weight excluding hydrogens is 425 g/mol. The number of anilines is 2. The van der Waals surface area contributed by atoms with Crippen molar-refractivity contribution >= 4 is 17.8 Å². The van der Waals surface area contributed by atoms with Gasteiger partial charge < -0.3 is 20.7 Å². The number of amides is 1. The second kappa shape index (κ2) is 8.33. The van der Waals surface area contributed by atoms with Gasteiger partial charge in [0.15, 0.2) is 0 Å². The number of halogens is 3. The molecule has 0 saturated heterocycles. The number of aromatic nitrogens is 3. The Morgan fingerprint density at radius 2 is 1.88 bits per heavy atom. The van der Waals surface area contributed by atoms with Gasteiger partial charge >= 0.3 is 6.36 Å². The Bertz CT molecular complexity index is 1150.